The number of nitrogens with zero attached hydrogens (tertiary/aromatic N) is 1. The molecule has 0 aromatic heterocycles. The van der Waals surface area contributed by atoms with Gasteiger partial charge in [-0.25, -0.2) is 8.42 Å². The maximum Gasteiger partial charge on any atom is 0.309 e. The first-order chi connectivity index (χ1) is 14.9. The molecule has 9 nitrogen and oxygen atoms in total. The molecule has 31 heavy (non-hydrogen) atoms. The monoisotopic (exact) mass is 444 g/mol. The Labute approximate surface area is 180 Å². The van der Waals surface area contributed by atoms with Crippen LogP contribution < -0.4 is 16.0 Å². The standard InChI is InChI=1S/C21H24N4O5S/c26-19(15-23-21(28)20(27)22-14-16-7-2-1-3-8-16)24-17-9-6-10-18(13-17)31(29,30)25-11-4-5-12-25/h1-3,6-10,13H,4-5,11-12,14-15H2,(H,22,27)(H,23,28)(H,24,26). The third kappa shape index (κ3) is 6.12. The van der Waals surface area contributed by atoms with Crippen molar-refractivity contribution in [2.24, 2.45) is 0 Å². The average molecular weight is 445 g/mol. The van der Waals surface area contributed by atoms with E-state index in [1.54, 1.807) is 6.07 Å². The molecule has 0 saturated carbocycles. The van der Waals surface area contributed by atoms with Crippen LogP contribution in [-0.2, 0) is 31.0 Å². The van der Waals surface area contributed by atoms with Gasteiger partial charge < -0.3 is 16.0 Å². The molecule has 1 saturated heterocycles. The van der Waals surface area contributed by atoms with Crippen molar-refractivity contribution >= 4 is 33.4 Å². The Bertz CT molecular complexity index is 1050. The summed E-state index contributed by atoms with van der Waals surface area (Å²) in [6, 6.07) is 15.0. The molecule has 3 amide bonds. The molecule has 1 heterocycles. The maximum atomic E-state index is 12.6. The number of amides is 3. The largest absolute Gasteiger partial charge is 0.344 e. The first-order valence-corrected chi connectivity index (χ1v) is 11.3. The van der Waals surface area contributed by atoms with Crippen LogP contribution in [0, 0.1) is 0 Å². The van der Waals surface area contributed by atoms with Crippen molar-refractivity contribution in [3.8, 4) is 0 Å². The van der Waals surface area contributed by atoms with E-state index in [4.69, 9.17) is 0 Å². The van der Waals surface area contributed by atoms with Crippen molar-refractivity contribution < 1.29 is 22.8 Å². The van der Waals surface area contributed by atoms with E-state index >= 15 is 0 Å². The molecule has 0 radical (unpaired) electrons. The Morgan fingerprint density at radius 1 is 0.871 bits per heavy atom. The minimum Gasteiger partial charge on any atom is -0.344 e. The summed E-state index contributed by atoms with van der Waals surface area (Å²) in [5.41, 5.74) is 1.12. The quantitative estimate of drug-likeness (QED) is 0.546. The summed E-state index contributed by atoms with van der Waals surface area (Å²) < 4.78 is 26.7. The van der Waals surface area contributed by atoms with Gasteiger partial charge in [-0.1, -0.05) is 36.4 Å². The fourth-order valence-electron chi connectivity index (χ4n) is 3.12. The third-order valence-corrected chi connectivity index (χ3v) is 6.63. The third-order valence-electron chi connectivity index (χ3n) is 4.73. The van der Waals surface area contributed by atoms with E-state index in [2.05, 4.69) is 16.0 Å². The number of hydrogen-bond acceptors (Lipinski definition) is 5. The number of sulfonamides is 1. The smallest absolute Gasteiger partial charge is 0.309 e. The molecule has 0 unspecified atom stereocenters. The zero-order chi connectivity index (χ0) is 22.3. The Hall–Kier alpha value is -3.24. The molecule has 1 aliphatic heterocycles. The van der Waals surface area contributed by atoms with Gasteiger partial charge in [0.1, 0.15) is 0 Å². The lowest BCUT2D eigenvalue weighted by molar-refractivity contribution is -0.139. The summed E-state index contributed by atoms with van der Waals surface area (Å²) in [6.45, 7) is 0.729. The molecule has 0 spiro atoms. The Balaban J connectivity index is 1.49. The van der Waals surface area contributed by atoms with E-state index in [-0.39, 0.29) is 17.1 Å². The fourth-order valence-corrected chi connectivity index (χ4v) is 4.68. The van der Waals surface area contributed by atoms with E-state index < -0.39 is 34.3 Å². The first kappa shape index (κ1) is 22.4. The number of nitrogens with one attached hydrogen (secondary N) is 3. The van der Waals surface area contributed by atoms with Gasteiger partial charge in [-0.05, 0) is 36.6 Å². The predicted molar refractivity (Wildman–Crippen MR) is 114 cm³/mol. The zero-order valence-electron chi connectivity index (χ0n) is 16.8. The molecule has 1 fully saturated rings. The number of carbonyl (C=O) groups excluding carboxylic acids is 3. The number of carbonyl (C=O) groups is 3. The van der Waals surface area contributed by atoms with Gasteiger partial charge in [0.05, 0.1) is 11.4 Å². The molecule has 10 heteroatoms. The lowest BCUT2D eigenvalue weighted by atomic mass is 10.2. The highest BCUT2D eigenvalue weighted by atomic mass is 32.2. The number of benzene rings is 2. The average Bonchev–Trinajstić information content (AvgIpc) is 3.32. The molecule has 3 rings (SSSR count). The van der Waals surface area contributed by atoms with Crippen molar-refractivity contribution in [2.45, 2.75) is 24.3 Å². The summed E-state index contributed by atoms with van der Waals surface area (Å²) >= 11 is 0. The van der Waals surface area contributed by atoms with Gasteiger partial charge in [0, 0.05) is 25.3 Å². The minimum atomic E-state index is -3.60. The van der Waals surface area contributed by atoms with Gasteiger partial charge in [0.2, 0.25) is 15.9 Å². The van der Waals surface area contributed by atoms with Crippen LogP contribution in [0.15, 0.2) is 59.5 Å². The van der Waals surface area contributed by atoms with Gasteiger partial charge in [0.25, 0.3) is 0 Å². The molecule has 0 bridgehead atoms. The van der Waals surface area contributed by atoms with Crippen molar-refractivity contribution in [1.82, 2.24) is 14.9 Å². The zero-order valence-corrected chi connectivity index (χ0v) is 17.7. The van der Waals surface area contributed by atoms with Gasteiger partial charge in [-0.2, -0.15) is 4.31 Å². The summed E-state index contributed by atoms with van der Waals surface area (Å²) in [7, 11) is -3.60. The second kappa shape index (κ2) is 10.2. The lowest BCUT2D eigenvalue weighted by Crippen LogP contribution is -2.42. The second-order valence-corrected chi connectivity index (χ2v) is 8.98. The van der Waals surface area contributed by atoms with Crippen LogP contribution in [0.2, 0.25) is 0 Å². The molecule has 1 aliphatic rings. The maximum absolute atomic E-state index is 12.6. The highest BCUT2D eigenvalue weighted by Crippen LogP contribution is 2.23. The van der Waals surface area contributed by atoms with E-state index in [9.17, 15) is 22.8 Å². The van der Waals surface area contributed by atoms with E-state index in [0.717, 1.165) is 18.4 Å². The number of anilines is 1. The van der Waals surface area contributed by atoms with Crippen LogP contribution in [0.25, 0.3) is 0 Å². The SMILES string of the molecule is O=C(CNC(=O)C(=O)NCc1ccccc1)Nc1cccc(S(=O)(=O)N2CCCC2)c1. The lowest BCUT2D eigenvalue weighted by Gasteiger charge is -2.16. The van der Waals surface area contributed by atoms with Crippen molar-refractivity contribution in [3.63, 3.8) is 0 Å². The van der Waals surface area contributed by atoms with Crippen LogP contribution in [0.3, 0.4) is 0 Å². The van der Waals surface area contributed by atoms with Gasteiger partial charge in [0.15, 0.2) is 0 Å². The van der Waals surface area contributed by atoms with Crippen molar-refractivity contribution in [1.29, 1.82) is 0 Å². The highest BCUT2D eigenvalue weighted by Gasteiger charge is 2.27. The molecule has 2 aromatic carbocycles. The highest BCUT2D eigenvalue weighted by molar-refractivity contribution is 7.89. The fraction of sp³-hybridized carbons (Fsp3) is 0.286. The number of hydrogen-bond donors (Lipinski definition) is 3. The molecule has 0 aliphatic carbocycles. The summed E-state index contributed by atoms with van der Waals surface area (Å²) in [5, 5.41) is 7.24. The van der Waals surface area contributed by atoms with Crippen LogP contribution in [0.4, 0.5) is 5.69 Å². The van der Waals surface area contributed by atoms with Crippen LogP contribution in [0.5, 0.6) is 0 Å². The summed E-state index contributed by atoms with van der Waals surface area (Å²) in [5.74, 6) is -2.37. The molecule has 2 aromatic rings. The normalized spacial score (nSPS) is 14.1. The van der Waals surface area contributed by atoms with E-state index in [1.807, 2.05) is 30.3 Å². The summed E-state index contributed by atoms with van der Waals surface area (Å²) in [6.07, 6.45) is 1.66. The van der Waals surface area contributed by atoms with Crippen molar-refractivity contribution in [2.75, 3.05) is 25.0 Å². The minimum absolute atomic E-state index is 0.0940. The van der Waals surface area contributed by atoms with Gasteiger partial charge in [-0.15, -0.1) is 0 Å². The second-order valence-electron chi connectivity index (χ2n) is 7.04. The van der Waals surface area contributed by atoms with Gasteiger partial charge in [-0.3, -0.25) is 14.4 Å². The van der Waals surface area contributed by atoms with E-state index in [0.29, 0.717) is 13.1 Å². The molecular formula is C21H24N4O5S. The molecule has 3 N–H and O–H groups in total. The van der Waals surface area contributed by atoms with Gasteiger partial charge >= 0.3 is 11.8 Å². The first-order valence-electron chi connectivity index (χ1n) is 9.86. The van der Waals surface area contributed by atoms with Crippen molar-refractivity contribution in [3.05, 3.63) is 60.2 Å². The Kier molecular flexibility index (Phi) is 7.37. The topological polar surface area (TPSA) is 125 Å². The molecule has 164 valence electrons. The van der Waals surface area contributed by atoms with Crippen LogP contribution in [-0.4, -0.2) is 50.1 Å². The summed E-state index contributed by atoms with van der Waals surface area (Å²) in [4.78, 5) is 35.9. The molecular weight excluding hydrogens is 420 g/mol. The number of rotatable bonds is 7. The predicted octanol–water partition coefficient (Wildman–Crippen LogP) is 0.842. The molecule has 0 atom stereocenters. The van der Waals surface area contributed by atoms with Crippen LogP contribution in [0.1, 0.15) is 18.4 Å². The van der Waals surface area contributed by atoms with E-state index in [1.165, 1.54) is 22.5 Å². The van der Waals surface area contributed by atoms with Crippen LogP contribution >= 0.6 is 0 Å². The Morgan fingerprint density at radius 2 is 1.55 bits per heavy atom. The Morgan fingerprint density at radius 3 is 2.26 bits per heavy atom.